The summed E-state index contributed by atoms with van der Waals surface area (Å²) >= 11 is 0. The van der Waals surface area contributed by atoms with E-state index < -0.39 is 29.4 Å². The molecule has 0 fully saturated rings. The van der Waals surface area contributed by atoms with Crippen molar-refractivity contribution in [1.82, 2.24) is 5.32 Å². The lowest BCUT2D eigenvalue weighted by Gasteiger charge is -2.29. The molecule has 9 heteroatoms. The molecule has 1 aromatic carbocycles. The number of nitrogens with two attached hydrogens (primary N) is 2. The fourth-order valence-electron chi connectivity index (χ4n) is 4.30. The molecular weight excluding hydrogens is 486 g/mol. The number of aliphatic hydroxyl groups is 1. The SMILES string of the molecule is CCC(C)[C@H](C[C@H](O)[C@@H](N)C[C@@H](C)Cc1ccc(OC)c(OCCCOC)c1)C(=O)NCC(C)(C)C(N)=O. The number of ether oxygens (including phenoxy) is 3. The van der Waals surface area contributed by atoms with Gasteiger partial charge in [-0.25, -0.2) is 0 Å². The van der Waals surface area contributed by atoms with Gasteiger partial charge in [-0.3, -0.25) is 9.59 Å². The summed E-state index contributed by atoms with van der Waals surface area (Å²) in [5, 5.41) is 13.8. The number of amides is 2. The highest BCUT2D eigenvalue weighted by molar-refractivity contribution is 5.83. The van der Waals surface area contributed by atoms with Crippen LogP contribution in [0.5, 0.6) is 11.5 Å². The molecule has 0 radical (unpaired) electrons. The van der Waals surface area contributed by atoms with Crippen molar-refractivity contribution in [2.45, 2.75) is 78.9 Å². The maximum atomic E-state index is 13.0. The molecule has 0 bridgehead atoms. The molecule has 0 aliphatic rings. The minimum atomic E-state index is -0.851. The van der Waals surface area contributed by atoms with Crippen molar-refractivity contribution in [3.8, 4) is 11.5 Å². The quantitative estimate of drug-likeness (QED) is 0.198. The highest BCUT2D eigenvalue weighted by Gasteiger charge is 2.32. The number of methoxy groups -OCH3 is 2. The minimum Gasteiger partial charge on any atom is -0.493 e. The summed E-state index contributed by atoms with van der Waals surface area (Å²) in [5.74, 6) is 0.535. The number of hydrogen-bond acceptors (Lipinski definition) is 7. The minimum absolute atomic E-state index is 0.0487. The zero-order valence-corrected chi connectivity index (χ0v) is 24.4. The topological polar surface area (TPSA) is 146 Å². The van der Waals surface area contributed by atoms with Crippen LogP contribution < -0.4 is 26.3 Å². The van der Waals surface area contributed by atoms with Gasteiger partial charge in [0.2, 0.25) is 11.8 Å². The van der Waals surface area contributed by atoms with Gasteiger partial charge in [-0.1, -0.05) is 33.3 Å². The molecule has 1 unspecified atom stereocenters. The summed E-state index contributed by atoms with van der Waals surface area (Å²) in [4.78, 5) is 24.6. The van der Waals surface area contributed by atoms with E-state index in [1.54, 1.807) is 28.1 Å². The van der Waals surface area contributed by atoms with E-state index >= 15 is 0 Å². The smallest absolute Gasteiger partial charge is 0.224 e. The predicted octanol–water partition coefficient (Wildman–Crippen LogP) is 3.05. The zero-order chi connectivity index (χ0) is 28.9. The number of benzene rings is 1. The summed E-state index contributed by atoms with van der Waals surface area (Å²) in [6, 6.07) is 5.42. The lowest BCUT2D eigenvalue weighted by atomic mass is 9.82. The Morgan fingerprint density at radius 1 is 1.11 bits per heavy atom. The summed E-state index contributed by atoms with van der Waals surface area (Å²) in [5.41, 5.74) is 12.1. The average Bonchev–Trinajstić information content (AvgIpc) is 2.87. The summed E-state index contributed by atoms with van der Waals surface area (Å²) in [7, 11) is 3.28. The monoisotopic (exact) mass is 537 g/mol. The lowest BCUT2D eigenvalue weighted by molar-refractivity contribution is -0.130. The first-order valence-electron chi connectivity index (χ1n) is 13.7. The molecule has 5 atom stereocenters. The van der Waals surface area contributed by atoms with Crippen LogP contribution in [0.3, 0.4) is 0 Å². The van der Waals surface area contributed by atoms with Crippen molar-refractivity contribution in [3.05, 3.63) is 23.8 Å². The molecule has 38 heavy (non-hydrogen) atoms. The first-order valence-corrected chi connectivity index (χ1v) is 13.7. The third-order valence-electron chi connectivity index (χ3n) is 7.27. The van der Waals surface area contributed by atoms with Crippen molar-refractivity contribution in [2.24, 2.45) is 34.6 Å². The van der Waals surface area contributed by atoms with E-state index in [1.165, 1.54) is 0 Å². The fraction of sp³-hybridized carbons (Fsp3) is 0.724. The Morgan fingerprint density at radius 2 is 1.79 bits per heavy atom. The van der Waals surface area contributed by atoms with Gasteiger partial charge in [0, 0.05) is 38.6 Å². The highest BCUT2D eigenvalue weighted by atomic mass is 16.5. The van der Waals surface area contributed by atoms with Gasteiger partial charge < -0.3 is 36.1 Å². The number of aliphatic hydroxyl groups excluding tert-OH is 1. The Hall–Kier alpha value is -2.36. The molecule has 1 rings (SSSR count). The third-order valence-corrected chi connectivity index (χ3v) is 7.27. The van der Waals surface area contributed by atoms with Crippen LogP contribution in [0, 0.1) is 23.2 Å². The zero-order valence-electron chi connectivity index (χ0n) is 24.4. The van der Waals surface area contributed by atoms with E-state index in [0.29, 0.717) is 31.1 Å². The van der Waals surface area contributed by atoms with Crippen LogP contribution in [0.1, 0.15) is 65.9 Å². The molecule has 0 aliphatic carbocycles. The Morgan fingerprint density at radius 3 is 2.37 bits per heavy atom. The molecule has 9 nitrogen and oxygen atoms in total. The molecule has 0 saturated heterocycles. The van der Waals surface area contributed by atoms with Crippen molar-refractivity contribution in [3.63, 3.8) is 0 Å². The fourth-order valence-corrected chi connectivity index (χ4v) is 4.30. The number of rotatable bonds is 19. The molecule has 2 amide bonds. The molecule has 218 valence electrons. The van der Waals surface area contributed by atoms with Gasteiger partial charge in [0.1, 0.15) is 0 Å². The molecule has 0 aromatic heterocycles. The van der Waals surface area contributed by atoms with Gasteiger partial charge in [0.25, 0.3) is 0 Å². The number of hydrogen-bond donors (Lipinski definition) is 4. The van der Waals surface area contributed by atoms with Crippen LogP contribution in [0.15, 0.2) is 18.2 Å². The Bertz CT molecular complexity index is 863. The van der Waals surface area contributed by atoms with Crippen LogP contribution in [0.2, 0.25) is 0 Å². The summed E-state index contributed by atoms with van der Waals surface area (Å²) < 4.78 is 16.4. The Kier molecular flexibility index (Phi) is 14.7. The predicted molar refractivity (Wildman–Crippen MR) is 150 cm³/mol. The van der Waals surface area contributed by atoms with E-state index in [0.717, 1.165) is 24.8 Å². The number of carbonyl (C=O) groups is 2. The Balaban J connectivity index is 2.76. The standard InChI is InChI=1S/C29H51N3O6/c1-8-20(3)22(27(34)32-18-29(4,5)28(31)35)17-24(33)23(30)15-19(2)14-21-10-11-25(37-7)26(16-21)38-13-9-12-36-6/h10-11,16,19-20,22-24,33H,8-9,12-15,17-18,30H2,1-7H3,(H2,31,35)(H,32,34)/t19-,20?,22-,23-,24-/m0/s1. The van der Waals surface area contributed by atoms with Gasteiger partial charge in [-0.15, -0.1) is 0 Å². The average molecular weight is 538 g/mol. The first kappa shape index (κ1) is 33.7. The molecule has 0 aliphatic heterocycles. The first-order chi connectivity index (χ1) is 17.9. The molecule has 0 saturated carbocycles. The molecular formula is C29H51N3O6. The van der Waals surface area contributed by atoms with Crippen molar-refractivity contribution >= 4 is 11.8 Å². The van der Waals surface area contributed by atoms with Gasteiger partial charge in [-0.2, -0.15) is 0 Å². The molecule has 0 heterocycles. The third kappa shape index (κ3) is 11.2. The van der Waals surface area contributed by atoms with Crippen LogP contribution in [-0.2, 0) is 20.7 Å². The van der Waals surface area contributed by atoms with E-state index in [2.05, 4.69) is 12.2 Å². The van der Waals surface area contributed by atoms with Crippen molar-refractivity contribution in [2.75, 3.05) is 34.0 Å². The maximum absolute atomic E-state index is 13.0. The van der Waals surface area contributed by atoms with E-state index in [9.17, 15) is 14.7 Å². The van der Waals surface area contributed by atoms with Crippen molar-refractivity contribution in [1.29, 1.82) is 0 Å². The van der Waals surface area contributed by atoms with Crippen molar-refractivity contribution < 1.29 is 28.9 Å². The van der Waals surface area contributed by atoms with Gasteiger partial charge in [0.15, 0.2) is 11.5 Å². The van der Waals surface area contributed by atoms with Gasteiger partial charge in [-0.05, 0) is 62.6 Å². The molecule has 6 N–H and O–H groups in total. The van der Waals surface area contributed by atoms with E-state index in [4.69, 9.17) is 25.7 Å². The van der Waals surface area contributed by atoms with Crippen LogP contribution >= 0.6 is 0 Å². The van der Waals surface area contributed by atoms with Crippen LogP contribution in [0.4, 0.5) is 0 Å². The highest BCUT2D eigenvalue weighted by Crippen LogP contribution is 2.30. The summed E-state index contributed by atoms with van der Waals surface area (Å²) in [6.45, 7) is 10.8. The lowest BCUT2D eigenvalue weighted by Crippen LogP contribution is -2.46. The molecule has 1 aromatic rings. The second kappa shape index (κ2) is 16.6. The van der Waals surface area contributed by atoms with E-state index in [-0.39, 0.29) is 30.7 Å². The number of nitrogens with one attached hydrogen (secondary N) is 1. The Labute approximate surface area is 229 Å². The van der Waals surface area contributed by atoms with Crippen LogP contribution in [0.25, 0.3) is 0 Å². The summed E-state index contributed by atoms with van der Waals surface area (Å²) in [6.07, 6.45) is 2.35. The second-order valence-corrected chi connectivity index (χ2v) is 11.1. The van der Waals surface area contributed by atoms with E-state index in [1.807, 2.05) is 32.0 Å². The molecule has 0 spiro atoms. The second-order valence-electron chi connectivity index (χ2n) is 11.1. The van der Waals surface area contributed by atoms with Gasteiger partial charge >= 0.3 is 0 Å². The maximum Gasteiger partial charge on any atom is 0.224 e. The number of primary amides is 1. The van der Waals surface area contributed by atoms with Crippen LogP contribution in [-0.4, -0.2) is 63.0 Å². The number of carbonyl (C=O) groups excluding carboxylic acids is 2. The largest absolute Gasteiger partial charge is 0.493 e. The van der Waals surface area contributed by atoms with Gasteiger partial charge in [0.05, 0.1) is 25.2 Å². The normalized spacial score (nSPS) is 15.7.